The molecule has 1 aliphatic rings. The van der Waals surface area contributed by atoms with Crippen LogP contribution in [0, 0.1) is 13.8 Å². The Balaban J connectivity index is 1.62. The quantitative estimate of drug-likeness (QED) is 0.658. The summed E-state index contributed by atoms with van der Waals surface area (Å²) in [6.45, 7) is 8.71. The first-order valence-corrected chi connectivity index (χ1v) is 9.95. The van der Waals surface area contributed by atoms with Gasteiger partial charge in [0.15, 0.2) is 5.82 Å². The number of carbonyl (C=O) groups is 1. The monoisotopic (exact) mass is 407 g/mol. The van der Waals surface area contributed by atoms with Gasteiger partial charge in [0.1, 0.15) is 11.9 Å². The lowest BCUT2D eigenvalue weighted by Gasteiger charge is -2.28. The van der Waals surface area contributed by atoms with E-state index >= 15 is 0 Å². The summed E-state index contributed by atoms with van der Waals surface area (Å²) in [6.07, 6.45) is 2.98. The molecule has 1 saturated heterocycles. The zero-order valence-corrected chi connectivity index (χ0v) is 17.6. The Bertz CT molecular complexity index is 1020. The summed E-state index contributed by atoms with van der Waals surface area (Å²) < 4.78 is 0. The van der Waals surface area contributed by atoms with Gasteiger partial charge in [0.05, 0.1) is 30.2 Å². The molecule has 2 atom stereocenters. The Hall–Kier alpha value is -3.33. The van der Waals surface area contributed by atoms with Crippen LogP contribution in [-0.2, 0) is 4.84 Å². The minimum absolute atomic E-state index is 0.0808. The highest BCUT2D eigenvalue weighted by atomic mass is 16.7. The molecule has 2 aromatic heterocycles. The van der Waals surface area contributed by atoms with E-state index in [4.69, 9.17) is 4.84 Å². The average Bonchev–Trinajstić information content (AvgIpc) is 3.20. The molecular formula is C21H25N7O2. The van der Waals surface area contributed by atoms with Crippen molar-refractivity contribution in [3.63, 3.8) is 0 Å². The minimum Gasteiger partial charge on any atom is -0.331 e. The number of rotatable bonds is 3. The van der Waals surface area contributed by atoms with Crippen molar-refractivity contribution < 1.29 is 9.63 Å². The van der Waals surface area contributed by atoms with Crippen LogP contribution in [-0.4, -0.2) is 61.0 Å². The second kappa shape index (κ2) is 8.19. The SMILES string of the molecule is Cc1cc(N2C[C@H](C)N(C(=O)c3ccccc3-n3nccn3)CC(C)O2)nc(C)n1. The number of benzene rings is 1. The van der Waals surface area contributed by atoms with Gasteiger partial charge in [-0.1, -0.05) is 12.1 Å². The first kappa shape index (κ1) is 20.0. The highest BCUT2D eigenvalue weighted by molar-refractivity contribution is 5.98. The van der Waals surface area contributed by atoms with Crippen LogP contribution in [0.5, 0.6) is 0 Å². The molecule has 0 radical (unpaired) electrons. The second-order valence-electron chi connectivity index (χ2n) is 7.53. The standard InChI is InChI=1S/C21H25N7O2/c1-14-11-20(25-17(4)24-14)27-12-15(2)26(13-16(3)30-27)21(29)18-7-5-6-8-19(18)28-22-9-10-23-28/h5-11,15-16H,12-13H2,1-4H3/t15-,16?/m0/s1. The summed E-state index contributed by atoms with van der Waals surface area (Å²) in [6, 6.07) is 9.16. The predicted octanol–water partition coefficient (Wildman–Crippen LogP) is 2.35. The highest BCUT2D eigenvalue weighted by Crippen LogP contribution is 2.23. The maximum atomic E-state index is 13.5. The van der Waals surface area contributed by atoms with Gasteiger partial charge in [-0.2, -0.15) is 15.0 Å². The van der Waals surface area contributed by atoms with Gasteiger partial charge in [-0.15, -0.1) is 0 Å². The molecule has 1 unspecified atom stereocenters. The molecule has 4 rings (SSSR count). The van der Waals surface area contributed by atoms with Gasteiger partial charge in [-0.05, 0) is 39.8 Å². The fourth-order valence-electron chi connectivity index (χ4n) is 3.67. The topological polar surface area (TPSA) is 89.3 Å². The molecule has 0 N–H and O–H groups in total. The third-order valence-corrected chi connectivity index (χ3v) is 4.96. The van der Waals surface area contributed by atoms with E-state index in [1.807, 2.05) is 56.9 Å². The van der Waals surface area contributed by atoms with Gasteiger partial charge < -0.3 is 4.90 Å². The van der Waals surface area contributed by atoms with Crippen LogP contribution >= 0.6 is 0 Å². The minimum atomic E-state index is -0.204. The molecule has 9 heteroatoms. The van der Waals surface area contributed by atoms with E-state index in [0.717, 1.165) is 5.69 Å². The molecule has 0 bridgehead atoms. The molecule has 3 heterocycles. The number of hydrogen-bond acceptors (Lipinski definition) is 7. The number of hydrogen-bond donors (Lipinski definition) is 0. The Morgan fingerprint density at radius 3 is 2.53 bits per heavy atom. The lowest BCUT2D eigenvalue weighted by atomic mass is 10.1. The van der Waals surface area contributed by atoms with Crippen LogP contribution < -0.4 is 5.06 Å². The molecule has 0 aliphatic carbocycles. The Labute approximate surface area is 175 Å². The number of hydroxylamine groups is 1. The van der Waals surface area contributed by atoms with Crippen LogP contribution in [0.4, 0.5) is 5.82 Å². The van der Waals surface area contributed by atoms with Crippen molar-refractivity contribution in [2.75, 3.05) is 18.2 Å². The van der Waals surface area contributed by atoms with Gasteiger partial charge >= 0.3 is 0 Å². The largest absolute Gasteiger partial charge is 0.331 e. The summed E-state index contributed by atoms with van der Waals surface area (Å²) in [7, 11) is 0. The number of anilines is 1. The first-order valence-electron chi connectivity index (χ1n) is 9.95. The molecule has 0 spiro atoms. The van der Waals surface area contributed by atoms with Crippen LogP contribution in [0.2, 0.25) is 0 Å². The summed E-state index contributed by atoms with van der Waals surface area (Å²) in [5.74, 6) is 1.31. The molecule has 1 amide bonds. The zero-order chi connectivity index (χ0) is 21.3. The van der Waals surface area contributed by atoms with Gasteiger partial charge in [0, 0.05) is 24.3 Å². The second-order valence-corrected chi connectivity index (χ2v) is 7.53. The average molecular weight is 407 g/mol. The van der Waals surface area contributed by atoms with Crippen molar-refractivity contribution in [2.24, 2.45) is 0 Å². The van der Waals surface area contributed by atoms with Gasteiger partial charge in [-0.3, -0.25) is 9.63 Å². The van der Waals surface area contributed by atoms with Gasteiger partial charge in [0.2, 0.25) is 0 Å². The summed E-state index contributed by atoms with van der Waals surface area (Å²) in [5.41, 5.74) is 2.07. The van der Waals surface area contributed by atoms with Crippen LogP contribution in [0.15, 0.2) is 42.7 Å². The lowest BCUT2D eigenvalue weighted by molar-refractivity contribution is 0.0412. The highest BCUT2D eigenvalue weighted by Gasteiger charge is 2.32. The Morgan fingerprint density at radius 1 is 1.07 bits per heavy atom. The van der Waals surface area contributed by atoms with E-state index < -0.39 is 0 Å². The maximum Gasteiger partial charge on any atom is 0.256 e. The number of carbonyl (C=O) groups excluding carboxylic acids is 1. The molecule has 156 valence electrons. The van der Waals surface area contributed by atoms with E-state index in [1.165, 1.54) is 4.80 Å². The number of aryl methyl sites for hydroxylation is 2. The van der Waals surface area contributed by atoms with Crippen molar-refractivity contribution in [3.8, 4) is 5.69 Å². The Morgan fingerprint density at radius 2 is 1.80 bits per heavy atom. The van der Waals surface area contributed by atoms with Crippen LogP contribution in [0.25, 0.3) is 5.69 Å². The summed E-state index contributed by atoms with van der Waals surface area (Å²) in [5, 5.41) is 10.1. The smallest absolute Gasteiger partial charge is 0.256 e. The van der Waals surface area contributed by atoms with E-state index in [2.05, 4.69) is 20.2 Å². The summed E-state index contributed by atoms with van der Waals surface area (Å²) >= 11 is 0. The first-order chi connectivity index (χ1) is 14.4. The van der Waals surface area contributed by atoms with Crippen molar-refractivity contribution in [2.45, 2.75) is 39.8 Å². The van der Waals surface area contributed by atoms with E-state index in [-0.39, 0.29) is 18.1 Å². The van der Waals surface area contributed by atoms with Gasteiger partial charge in [0.25, 0.3) is 5.91 Å². The van der Waals surface area contributed by atoms with E-state index in [0.29, 0.717) is 36.0 Å². The number of para-hydroxylation sites is 1. The maximum absolute atomic E-state index is 13.5. The molecule has 1 aliphatic heterocycles. The fraction of sp³-hybridized carbons (Fsp3) is 0.381. The third-order valence-electron chi connectivity index (χ3n) is 4.96. The third kappa shape index (κ3) is 4.02. The lowest BCUT2D eigenvalue weighted by Crippen LogP contribution is -2.43. The molecule has 3 aromatic rings. The van der Waals surface area contributed by atoms with Gasteiger partial charge in [-0.25, -0.2) is 15.0 Å². The molecule has 1 aromatic carbocycles. The number of nitrogens with zero attached hydrogens (tertiary/aromatic N) is 7. The van der Waals surface area contributed by atoms with Crippen LogP contribution in [0.3, 0.4) is 0 Å². The van der Waals surface area contributed by atoms with E-state index in [1.54, 1.807) is 23.5 Å². The van der Waals surface area contributed by atoms with Crippen molar-refractivity contribution >= 4 is 11.7 Å². The van der Waals surface area contributed by atoms with Crippen molar-refractivity contribution in [3.05, 3.63) is 59.8 Å². The number of amides is 1. The molecule has 30 heavy (non-hydrogen) atoms. The molecule has 9 nitrogen and oxygen atoms in total. The Kier molecular flexibility index (Phi) is 5.45. The van der Waals surface area contributed by atoms with Crippen molar-refractivity contribution in [1.82, 2.24) is 29.9 Å². The molecular weight excluding hydrogens is 382 g/mol. The van der Waals surface area contributed by atoms with Crippen LogP contribution in [0.1, 0.15) is 35.7 Å². The number of aromatic nitrogens is 5. The summed E-state index contributed by atoms with van der Waals surface area (Å²) in [4.78, 5) is 31.8. The normalized spacial score (nSPS) is 19.6. The zero-order valence-electron chi connectivity index (χ0n) is 17.6. The molecule has 1 fully saturated rings. The van der Waals surface area contributed by atoms with Crippen molar-refractivity contribution in [1.29, 1.82) is 0 Å². The molecule has 0 saturated carbocycles. The van der Waals surface area contributed by atoms with E-state index in [9.17, 15) is 4.79 Å². The predicted molar refractivity (Wildman–Crippen MR) is 111 cm³/mol. The fourth-order valence-corrected chi connectivity index (χ4v) is 3.67.